The van der Waals surface area contributed by atoms with E-state index in [4.69, 9.17) is 5.26 Å². The van der Waals surface area contributed by atoms with Crippen LogP contribution >= 0.6 is 22.6 Å². The first kappa shape index (κ1) is 25.3. The molecule has 0 N–H and O–H groups in total. The quantitative estimate of drug-likeness (QED) is 0.368. The lowest BCUT2D eigenvalue weighted by atomic mass is 10.1. The van der Waals surface area contributed by atoms with Crippen LogP contribution in [0.4, 0.5) is 5.69 Å². The summed E-state index contributed by atoms with van der Waals surface area (Å²) in [6.45, 7) is 1.70. The van der Waals surface area contributed by atoms with E-state index in [0.29, 0.717) is 31.6 Å². The zero-order chi connectivity index (χ0) is 25.0. The first-order valence-corrected chi connectivity index (χ1v) is 14.3. The second-order valence-electron chi connectivity index (χ2n) is 8.78. The normalized spacial score (nSPS) is 16.9. The summed E-state index contributed by atoms with van der Waals surface area (Å²) in [4.78, 5) is 21.3. The van der Waals surface area contributed by atoms with E-state index in [9.17, 15) is 13.2 Å². The van der Waals surface area contributed by atoms with Crippen LogP contribution in [-0.4, -0.2) is 59.9 Å². The summed E-state index contributed by atoms with van der Waals surface area (Å²) in [7, 11) is -3.14. The summed E-state index contributed by atoms with van der Waals surface area (Å²) < 4.78 is 26.9. The third kappa shape index (κ3) is 6.68. The van der Waals surface area contributed by atoms with Gasteiger partial charge in [0.2, 0.25) is 5.91 Å². The number of rotatable bonds is 8. The Morgan fingerprint density at radius 1 is 1.17 bits per heavy atom. The number of halogens is 1. The fourth-order valence-corrected chi connectivity index (χ4v) is 5.46. The van der Waals surface area contributed by atoms with Crippen molar-refractivity contribution in [3.8, 4) is 6.07 Å². The molecule has 0 unspecified atom stereocenters. The molecule has 1 aliphatic rings. The largest absolute Gasteiger partial charge is 0.329 e. The molecule has 35 heavy (non-hydrogen) atoms. The maximum Gasteiger partial charge on any atom is 0.241 e. The molecule has 182 valence electrons. The van der Waals surface area contributed by atoms with Gasteiger partial charge >= 0.3 is 0 Å². The summed E-state index contributed by atoms with van der Waals surface area (Å²) in [6.07, 6.45) is 5.22. The van der Waals surface area contributed by atoms with Gasteiger partial charge in [0.05, 0.1) is 36.0 Å². The zero-order valence-electron chi connectivity index (χ0n) is 19.3. The van der Waals surface area contributed by atoms with Crippen molar-refractivity contribution in [3.05, 3.63) is 81.4 Å². The number of sulfone groups is 1. The molecule has 0 aliphatic carbocycles. The van der Waals surface area contributed by atoms with Gasteiger partial charge in [0.1, 0.15) is 9.84 Å². The van der Waals surface area contributed by atoms with E-state index >= 15 is 0 Å². The molecule has 4 rings (SSSR count). The summed E-state index contributed by atoms with van der Waals surface area (Å²) >= 11 is 2.22. The van der Waals surface area contributed by atoms with Crippen molar-refractivity contribution < 1.29 is 13.2 Å². The lowest BCUT2D eigenvalue weighted by molar-refractivity contribution is -0.122. The minimum absolute atomic E-state index is 0.0132. The van der Waals surface area contributed by atoms with Crippen LogP contribution < -0.4 is 4.90 Å². The molecule has 0 bridgehead atoms. The number of hydrogen-bond acceptors (Lipinski definition) is 6. The first-order valence-electron chi connectivity index (χ1n) is 11.2. The molecular formula is C25H26IN5O3S. The van der Waals surface area contributed by atoms with Gasteiger partial charge in [0.15, 0.2) is 0 Å². The summed E-state index contributed by atoms with van der Waals surface area (Å²) in [5.41, 5.74) is 3.42. The van der Waals surface area contributed by atoms with E-state index in [0.717, 1.165) is 20.5 Å². The van der Waals surface area contributed by atoms with Crippen molar-refractivity contribution in [3.63, 3.8) is 0 Å². The Balaban J connectivity index is 1.54. The second kappa shape index (κ2) is 10.9. The van der Waals surface area contributed by atoms with Crippen molar-refractivity contribution in [2.75, 3.05) is 30.0 Å². The Labute approximate surface area is 219 Å². The lowest BCUT2D eigenvalue weighted by Gasteiger charge is -2.41. The number of nitrogens with zero attached hydrogens (tertiary/aromatic N) is 5. The van der Waals surface area contributed by atoms with E-state index in [1.807, 2.05) is 41.0 Å². The fraction of sp³-hybridized carbons (Fsp3) is 0.320. The number of anilines is 1. The molecule has 1 saturated heterocycles. The van der Waals surface area contributed by atoms with E-state index in [2.05, 4.69) is 38.5 Å². The van der Waals surface area contributed by atoms with Gasteiger partial charge in [-0.25, -0.2) is 13.4 Å². The average Bonchev–Trinajstić information content (AvgIpc) is 3.25. The van der Waals surface area contributed by atoms with Gasteiger partial charge in [-0.05, 0) is 64.9 Å². The minimum atomic E-state index is -3.14. The van der Waals surface area contributed by atoms with Crippen molar-refractivity contribution in [2.45, 2.75) is 25.6 Å². The third-order valence-corrected chi connectivity index (χ3v) is 7.74. The zero-order valence-corrected chi connectivity index (χ0v) is 22.3. The number of aromatic nitrogens is 2. The second-order valence-corrected chi connectivity index (χ2v) is 12.3. The van der Waals surface area contributed by atoms with Crippen molar-refractivity contribution in [1.29, 1.82) is 5.26 Å². The highest BCUT2D eigenvalue weighted by Gasteiger charge is 2.33. The van der Waals surface area contributed by atoms with Crippen LogP contribution in [0.15, 0.2) is 61.1 Å². The molecule has 8 nitrogen and oxygen atoms in total. The van der Waals surface area contributed by atoms with Gasteiger partial charge < -0.3 is 9.47 Å². The molecule has 1 amide bonds. The molecule has 1 atom stereocenters. The number of amides is 1. The maximum atomic E-state index is 13.1. The summed E-state index contributed by atoms with van der Waals surface area (Å²) in [5.74, 6) is 0.0493. The number of benzene rings is 2. The van der Waals surface area contributed by atoms with Gasteiger partial charge in [-0.15, -0.1) is 0 Å². The van der Waals surface area contributed by atoms with Gasteiger partial charge in [0.25, 0.3) is 0 Å². The smallest absolute Gasteiger partial charge is 0.241 e. The van der Waals surface area contributed by atoms with E-state index in [1.165, 1.54) is 6.26 Å². The highest BCUT2D eigenvalue weighted by atomic mass is 127. The number of carbonyl (C=O) groups is 1. The molecule has 3 aromatic rings. The summed E-state index contributed by atoms with van der Waals surface area (Å²) in [5, 5.41) is 9.02. The van der Waals surface area contributed by atoms with Crippen LogP contribution in [0.5, 0.6) is 0 Å². The number of piperazine rings is 1. The molecule has 0 radical (unpaired) electrons. The standard InChI is InChI=1S/C25H26IN5O3S/c1-35(33,34)10-9-23-16-31(22-4-2-3-21(26)11-22)25(32)17-29(23)15-24-13-28-18-30(24)14-20-7-5-19(12-27)6-8-20/h2-8,11,13,18,23H,9-10,14-17H2,1H3/t23-/m0/s1/i1-1. The van der Waals surface area contributed by atoms with Gasteiger partial charge in [-0.1, -0.05) is 18.2 Å². The van der Waals surface area contributed by atoms with E-state index in [1.54, 1.807) is 29.6 Å². The van der Waals surface area contributed by atoms with Crippen LogP contribution in [0, 0.1) is 14.9 Å². The monoisotopic (exact) mass is 602 g/mol. The molecular weight excluding hydrogens is 576 g/mol. The van der Waals surface area contributed by atoms with Crippen molar-refractivity contribution in [2.24, 2.45) is 0 Å². The summed E-state index contributed by atoms with van der Waals surface area (Å²) in [6, 6.07) is 17.2. The average molecular weight is 602 g/mol. The van der Waals surface area contributed by atoms with Gasteiger partial charge in [-0.2, -0.15) is 5.26 Å². The SMILES string of the molecule is [11CH3]S(=O)(=O)CC[C@H]1CN(c2cccc(I)c2)C(=O)CN1Cc1cncn1Cc1ccc(C#N)cc1. The van der Waals surface area contributed by atoms with Crippen molar-refractivity contribution in [1.82, 2.24) is 14.5 Å². The molecule has 1 aromatic heterocycles. The van der Waals surface area contributed by atoms with Crippen LogP contribution in [0.3, 0.4) is 0 Å². The molecule has 2 aromatic carbocycles. The lowest BCUT2D eigenvalue weighted by Crippen LogP contribution is -2.56. The Bertz CT molecular complexity index is 1350. The van der Waals surface area contributed by atoms with Crippen LogP contribution in [0.1, 0.15) is 23.2 Å². The number of hydrogen-bond donors (Lipinski definition) is 0. The highest BCUT2D eigenvalue weighted by Crippen LogP contribution is 2.25. The molecule has 1 aliphatic heterocycles. The Morgan fingerprint density at radius 3 is 2.63 bits per heavy atom. The van der Waals surface area contributed by atoms with Crippen molar-refractivity contribution >= 4 is 44.0 Å². The number of nitriles is 1. The fourth-order valence-electron chi connectivity index (χ4n) is 4.23. The highest BCUT2D eigenvalue weighted by molar-refractivity contribution is 14.1. The molecule has 0 saturated carbocycles. The topological polar surface area (TPSA) is 99.3 Å². The molecule has 2 heterocycles. The first-order chi connectivity index (χ1) is 16.7. The van der Waals surface area contributed by atoms with Crippen LogP contribution in [0.2, 0.25) is 0 Å². The molecule has 1 fully saturated rings. The minimum Gasteiger partial charge on any atom is -0.329 e. The number of carbonyl (C=O) groups excluding carboxylic acids is 1. The molecule has 10 heteroatoms. The van der Waals surface area contributed by atoms with E-state index < -0.39 is 9.84 Å². The van der Waals surface area contributed by atoms with E-state index in [-0.39, 0.29) is 24.2 Å². The number of imidazole rings is 1. The van der Waals surface area contributed by atoms with Crippen LogP contribution in [-0.2, 0) is 27.7 Å². The predicted molar refractivity (Wildman–Crippen MR) is 143 cm³/mol. The maximum absolute atomic E-state index is 13.1. The Kier molecular flexibility index (Phi) is 7.88. The van der Waals surface area contributed by atoms with Crippen LogP contribution in [0.25, 0.3) is 0 Å². The van der Waals surface area contributed by atoms with Gasteiger partial charge in [0, 0.05) is 47.4 Å². The third-order valence-electron chi connectivity index (χ3n) is 6.09. The predicted octanol–water partition coefficient (Wildman–Crippen LogP) is 3.06. The Morgan fingerprint density at radius 2 is 1.94 bits per heavy atom. The Hall–Kier alpha value is -2.75. The van der Waals surface area contributed by atoms with Gasteiger partial charge in [-0.3, -0.25) is 9.69 Å². The molecule has 0 spiro atoms.